The quantitative estimate of drug-likeness (QED) is 0.757. The van der Waals surface area contributed by atoms with E-state index in [0.717, 1.165) is 25.9 Å². The number of hydrogen-bond acceptors (Lipinski definition) is 3. The Hall–Kier alpha value is -1.55. The maximum atomic E-state index is 10.4. The van der Waals surface area contributed by atoms with Gasteiger partial charge in [-0.1, -0.05) is 36.2 Å². The van der Waals surface area contributed by atoms with Crippen LogP contribution in [0.15, 0.2) is 30.3 Å². The molecule has 1 aliphatic carbocycles. The lowest BCUT2D eigenvalue weighted by Gasteiger charge is -2.38. The molecule has 4 heteroatoms. The largest absolute Gasteiger partial charge is 0.506 e. The van der Waals surface area contributed by atoms with Gasteiger partial charge in [-0.3, -0.25) is 4.90 Å². The molecule has 3 aliphatic rings. The first-order chi connectivity index (χ1) is 14.1. The van der Waals surface area contributed by atoms with Crippen LogP contribution in [-0.4, -0.2) is 47.6 Å². The van der Waals surface area contributed by atoms with Crippen molar-refractivity contribution in [1.29, 1.82) is 0 Å². The molecule has 2 atom stereocenters. The zero-order chi connectivity index (χ0) is 20.0. The summed E-state index contributed by atoms with van der Waals surface area (Å²) in [4.78, 5) is 5.13. The summed E-state index contributed by atoms with van der Waals surface area (Å²) in [5, 5.41) is 10.9. The number of halogens is 1. The maximum Gasteiger partial charge on any atom is 0.134 e. The van der Waals surface area contributed by atoms with Crippen molar-refractivity contribution in [2.45, 2.75) is 57.0 Å². The molecule has 0 radical (unpaired) electrons. The summed E-state index contributed by atoms with van der Waals surface area (Å²) < 4.78 is 0. The molecule has 2 aliphatic heterocycles. The highest BCUT2D eigenvalue weighted by Gasteiger charge is 2.37. The molecular formula is C25H31ClN2O. The monoisotopic (exact) mass is 410 g/mol. The number of phenolic OH excluding ortho intramolecular Hbond substituents is 1. The van der Waals surface area contributed by atoms with Gasteiger partial charge < -0.3 is 10.0 Å². The second kappa shape index (κ2) is 7.94. The molecule has 0 aromatic heterocycles. The van der Waals surface area contributed by atoms with Crippen LogP contribution in [-0.2, 0) is 19.4 Å². The van der Waals surface area contributed by atoms with Gasteiger partial charge in [-0.15, -0.1) is 0 Å². The van der Waals surface area contributed by atoms with Crippen LogP contribution in [0.4, 0.5) is 0 Å². The van der Waals surface area contributed by atoms with Gasteiger partial charge in [-0.2, -0.15) is 0 Å². The van der Waals surface area contributed by atoms with Crippen molar-refractivity contribution in [2.75, 3.05) is 26.7 Å². The Morgan fingerprint density at radius 2 is 1.76 bits per heavy atom. The van der Waals surface area contributed by atoms with E-state index in [9.17, 15) is 5.11 Å². The maximum absolute atomic E-state index is 10.4. The van der Waals surface area contributed by atoms with Crippen molar-refractivity contribution in [1.82, 2.24) is 9.80 Å². The Bertz CT molecular complexity index is 906. The van der Waals surface area contributed by atoms with Gasteiger partial charge in [0.25, 0.3) is 0 Å². The van der Waals surface area contributed by atoms with E-state index in [1.54, 1.807) is 0 Å². The summed E-state index contributed by atoms with van der Waals surface area (Å²) in [6.07, 6.45) is 7.32. The van der Waals surface area contributed by atoms with Gasteiger partial charge in [0.15, 0.2) is 0 Å². The van der Waals surface area contributed by atoms with Crippen molar-refractivity contribution in [3.8, 4) is 5.75 Å². The fourth-order valence-electron chi connectivity index (χ4n) is 5.75. The van der Waals surface area contributed by atoms with E-state index in [1.807, 2.05) is 12.1 Å². The van der Waals surface area contributed by atoms with Crippen LogP contribution in [0.3, 0.4) is 0 Å². The van der Waals surface area contributed by atoms with Crippen molar-refractivity contribution in [3.05, 3.63) is 63.2 Å². The zero-order valence-electron chi connectivity index (χ0n) is 17.3. The van der Waals surface area contributed by atoms with Gasteiger partial charge in [0.2, 0.25) is 0 Å². The number of nitrogens with zero attached hydrogens (tertiary/aromatic N) is 2. The topological polar surface area (TPSA) is 26.7 Å². The van der Waals surface area contributed by atoms with Crippen LogP contribution in [0.2, 0.25) is 5.02 Å². The minimum atomic E-state index is 0.213. The third-order valence-electron chi connectivity index (χ3n) is 7.34. The fraction of sp³-hybridized carbons (Fsp3) is 0.520. The van der Waals surface area contributed by atoms with Crippen LogP contribution >= 0.6 is 11.6 Å². The number of aromatic hydroxyl groups is 1. The van der Waals surface area contributed by atoms with Gasteiger partial charge in [0.1, 0.15) is 5.75 Å². The molecule has 1 saturated heterocycles. The number of benzene rings is 2. The van der Waals surface area contributed by atoms with Crippen molar-refractivity contribution in [2.24, 2.45) is 0 Å². The number of rotatable bonds is 2. The lowest BCUT2D eigenvalue weighted by molar-refractivity contribution is 0.212. The third-order valence-corrected chi connectivity index (χ3v) is 7.64. The van der Waals surface area contributed by atoms with Crippen LogP contribution < -0.4 is 0 Å². The first-order valence-electron chi connectivity index (χ1n) is 11.2. The minimum Gasteiger partial charge on any atom is -0.506 e. The van der Waals surface area contributed by atoms with Crippen molar-refractivity contribution >= 4 is 11.6 Å². The fourth-order valence-corrected chi connectivity index (χ4v) is 5.94. The Kier molecular flexibility index (Phi) is 5.32. The molecule has 2 heterocycles. The van der Waals surface area contributed by atoms with E-state index >= 15 is 0 Å². The van der Waals surface area contributed by atoms with E-state index in [0.29, 0.717) is 17.0 Å². The average Bonchev–Trinajstić information content (AvgIpc) is 2.86. The number of phenols is 1. The van der Waals surface area contributed by atoms with E-state index in [-0.39, 0.29) is 5.75 Å². The minimum absolute atomic E-state index is 0.213. The second-order valence-electron chi connectivity index (χ2n) is 9.19. The van der Waals surface area contributed by atoms with Gasteiger partial charge in [-0.25, -0.2) is 0 Å². The van der Waals surface area contributed by atoms with Gasteiger partial charge in [-0.05, 0) is 92.2 Å². The first-order valence-corrected chi connectivity index (χ1v) is 11.5. The molecule has 154 valence electrons. The highest BCUT2D eigenvalue weighted by molar-refractivity contribution is 6.32. The van der Waals surface area contributed by atoms with Crippen molar-refractivity contribution in [3.63, 3.8) is 0 Å². The summed E-state index contributed by atoms with van der Waals surface area (Å²) in [7, 11) is 2.26. The summed E-state index contributed by atoms with van der Waals surface area (Å²) in [6.45, 7) is 4.54. The van der Waals surface area contributed by atoms with Crippen LogP contribution in [0.5, 0.6) is 5.75 Å². The predicted octanol–water partition coefficient (Wildman–Crippen LogP) is 4.97. The van der Waals surface area contributed by atoms with E-state index < -0.39 is 0 Å². The molecule has 0 bridgehead atoms. The Balaban J connectivity index is 1.56. The SMILES string of the molecule is CN1CCc2cc(Cl)c(O)cc2[C@H]2c3cc(CN4CCCCC4)ccc3CC[C@@H]21. The Morgan fingerprint density at radius 1 is 0.966 bits per heavy atom. The van der Waals surface area contributed by atoms with Crippen LogP contribution in [0.25, 0.3) is 0 Å². The lowest BCUT2D eigenvalue weighted by atomic mass is 9.74. The predicted molar refractivity (Wildman–Crippen MR) is 119 cm³/mol. The smallest absolute Gasteiger partial charge is 0.134 e. The van der Waals surface area contributed by atoms with Crippen LogP contribution in [0, 0.1) is 0 Å². The molecule has 1 fully saturated rings. The summed E-state index contributed by atoms with van der Waals surface area (Å²) in [5.74, 6) is 0.524. The van der Waals surface area contributed by atoms with E-state index in [2.05, 4.69) is 35.0 Å². The molecule has 5 rings (SSSR count). The average molecular weight is 411 g/mol. The van der Waals surface area contributed by atoms with E-state index in [4.69, 9.17) is 11.6 Å². The molecular weight excluding hydrogens is 380 g/mol. The second-order valence-corrected chi connectivity index (χ2v) is 9.59. The zero-order valence-corrected chi connectivity index (χ0v) is 18.1. The highest BCUT2D eigenvalue weighted by Crippen LogP contribution is 2.44. The molecule has 1 N–H and O–H groups in total. The molecule has 3 nitrogen and oxygen atoms in total. The molecule has 0 saturated carbocycles. The van der Waals surface area contributed by atoms with E-state index in [1.165, 1.54) is 66.6 Å². The number of likely N-dealkylation sites (tertiary alicyclic amines) is 1. The van der Waals surface area contributed by atoms with Crippen molar-refractivity contribution < 1.29 is 5.11 Å². The third kappa shape index (κ3) is 3.69. The van der Waals surface area contributed by atoms with Crippen LogP contribution in [0.1, 0.15) is 59.4 Å². The number of hydrogen-bond donors (Lipinski definition) is 1. The molecule has 0 spiro atoms. The summed E-state index contributed by atoms with van der Waals surface area (Å²) in [6, 6.07) is 11.6. The molecule has 0 amide bonds. The summed E-state index contributed by atoms with van der Waals surface area (Å²) in [5.41, 5.74) is 6.94. The standard InChI is InChI=1S/C25H31ClN2O/c1-27-12-9-19-14-22(26)24(29)15-21(19)25-20-13-17(16-28-10-3-2-4-11-28)5-6-18(20)7-8-23(25)27/h5-6,13-15,23,25,29H,2-4,7-12,16H2,1H3/t23-,25+/m0/s1. The lowest BCUT2D eigenvalue weighted by Crippen LogP contribution is -2.39. The molecule has 2 aromatic rings. The van der Waals surface area contributed by atoms with Gasteiger partial charge in [0, 0.05) is 25.0 Å². The Labute approximate surface area is 179 Å². The normalized spacial score (nSPS) is 25.0. The molecule has 0 unspecified atom stereocenters. The molecule has 29 heavy (non-hydrogen) atoms. The number of likely N-dealkylation sites (N-methyl/N-ethyl adjacent to an activating group) is 1. The van der Waals surface area contributed by atoms with Gasteiger partial charge in [0.05, 0.1) is 5.02 Å². The number of fused-ring (bicyclic) bond motifs is 5. The highest BCUT2D eigenvalue weighted by atomic mass is 35.5. The number of aryl methyl sites for hydroxylation is 1. The van der Waals surface area contributed by atoms with Gasteiger partial charge >= 0.3 is 0 Å². The number of piperidine rings is 1. The Morgan fingerprint density at radius 3 is 2.59 bits per heavy atom. The summed E-state index contributed by atoms with van der Waals surface area (Å²) >= 11 is 6.28. The molecule has 2 aromatic carbocycles. The first kappa shape index (κ1) is 19.4.